The van der Waals surface area contributed by atoms with Gasteiger partial charge < -0.3 is 10.1 Å². The predicted molar refractivity (Wildman–Crippen MR) is 128 cm³/mol. The van der Waals surface area contributed by atoms with Crippen molar-refractivity contribution in [2.24, 2.45) is 0 Å². The van der Waals surface area contributed by atoms with Crippen LogP contribution in [0.2, 0.25) is 5.02 Å². The highest BCUT2D eigenvalue weighted by molar-refractivity contribution is 7.92. The quantitative estimate of drug-likeness (QED) is 0.463. The van der Waals surface area contributed by atoms with Crippen LogP contribution in [0.1, 0.15) is 15.9 Å². The molecule has 168 valence electrons. The number of rotatable bonds is 8. The summed E-state index contributed by atoms with van der Waals surface area (Å²) in [5, 5.41) is 11.6. The van der Waals surface area contributed by atoms with Crippen LogP contribution in [0.25, 0.3) is 0 Å². The number of nitrogens with zero attached hydrogens (tertiary/aromatic N) is 2. The molecule has 0 spiro atoms. The largest absolute Gasteiger partial charge is 0.495 e. The fraction of sp³-hybridized carbons (Fsp3) is 0.0833. The maximum atomic E-state index is 13.5. The summed E-state index contributed by atoms with van der Waals surface area (Å²) < 4.78 is 33.5. The van der Waals surface area contributed by atoms with Crippen LogP contribution in [0.3, 0.4) is 0 Å². The van der Waals surface area contributed by atoms with Crippen molar-refractivity contribution in [3.8, 4) is 11.8 Å². The van der Waals surface area contributed by atoms with Crippen molar-refractivity contribution in [2.75, 3.05) is 23.3 Å². The van der Waals surface area contributed by atoms with Gasteiger partial charge in [0.15, 0.2) is 0 Å². The van der Waals surface area contributed by atoms with Crippen LogP contribution in [0, 0.1) is 11.3 Å². The van der Waals surface area contributed by atoms with Gasteiger partial charge in [-0.25, -0.2) is 8.42 Å². The number of benzene rings is 3. The number of nitrogens with one attached hydrogen (secondary N) is 1. The van der Waals surface area contributed by atoms with E-state index in [0.29, 0.717) is 22.7 Å². The van der Waals surface area contributed by atoms with Crippen molar-refractivity contribution < 1.29 is 17.9 Å². The van der Waals surface area contributed by atoms with Gasteiger partial charge in [-0.3, -0.25) is 9.10 Å². The van der Waals surface area contributed by atoms with Gasteiger partial charge in [-0.1, -0.05) is 29.8 Å². The summed E-state index contributed by atoms with van der Waals surface area (Å²) in [5.74, 6) is -0.218. The Kier molecular flexibility index (Phi) is 7.38. The summed E-state index contributed by atoms with van der Waals surface area (Å²) in [6.07, 6.45) is 1.46. The predicted octanol–water partition coefficient (Wildman–Crippen LogP) is 4.85. The molecule has 1 N–H and O–H groups in total. The third kappa shape index (κ3) is 5.17. The molecular formula is C24H20ClN3O4S. The molecule has 0 atom stereocenters. The molecule has 1 amide bonds. The monoisotopic (exact) mass is 481 g/mol. The van der Waals surface area contributed by atoms with Crippen molar-refractivity contribution in [1.29, 1.82) is 5.26 Å². The number of ether oxygens (including phenoxy) is 1. The number of hydrogen-bond donors (Lipinski definition) is 1. The van der Waals surface area contributed by atoms with Crippen molar-refractivity contribution in [2.45, 2.75) is 4.90 Å². The molecule has 3 rings (SSSR count). The zero-order valence-electron chi connectivity index (χ0n) is 17.7. The molecule has 0 heterocycles. The molecule has 0 aliphatic rings. The first-order valence-electron chi connectivity index (χ1n) is 9.69. The molecule has 0 aromatic heterocycles. The number of amides is 1. The first kappa shape index (κ1) is 23.9. The van der Waals surface area contributed by atoms with Gasteiger partial charge in [-0.2, -0.15) is 5.26 Å². The molecule has 33 heavy (non-hydrogen) atoms. The van der Waals surface area contributed by atoms with E-state index in [1.165, 1.54) is 31.4 Å². The number of methoxy groups -OCH3 is 1. The van der Waals surface area contributed by atoms with Gasteiger partial charge in [0, 0.05) is 5.69 Å². The van der Waals surface area contributed by atoms with E-state index in [1.807, 2.05) is 6.07 Å². The second kappa shape index (κ2) is 10.2. The lowest BCUT2D eigenvalue weighted by Crippen LogP contribution is -2.31. The van der Waals surface area contributed by atoms with Crippen LogP contribution in [-0.2, 0) is 10.0 Å². The lowest BCUT2D eigenvalue weighted by molar-refractivity contribution is 0.102. The molecule has 7 nitrogen and oxygen atoms in total. The zero-order valence-corrected chi connectivity index (χ0v) is 19.2. The third-order valence-corrected chi connectivity index (χ3v) is 6.80. The second-order valence-electron chi connectivity index (χ2n) is 6.78. The molecule has 0 saturated carbocycles. The molecule has 0 radical (unpaired) electrons. The van der Waals surface area contributed by atoms with Crippen LogP contribution in [0.5, 0.6) is 5.75 Å². The van der Waals surface area contributed by atoms with Crippen molar-refractivity contribution in [1.82, 2.24) is 0 Å². The molecule has 3 aromatic carbocycles. The fourth-order valence-electron chi connectivity index (χ4n) is 3.07. The highest BCUT2D eigenvalue weighted by atomic mass is 35.5. The molecule has 0 fully saturated rings. The van der Waals surface area contributed by atoms with E-state index < -0.39 is 15.9 Å². The third-order valence-electron chi connectivity index (χ3n) is 4.69. The SMILES string of the molecule is C=CCN(c1ccccc1OC)S(=O)(=O)c1ccc(Cl)c(C(=O)Nc2ccc(C#N)cc2)c1. The number of anilines is 2. The minimum absolute atomic E-state index is 0.0133. The van der Waals surface area contributed by atoms with Gasteiger partial charge in [0.05, 0.1) is 46.5 Å². The summed E-state index contributed by atoms with van der Waals surface area (Å²) in [7, 11) is -2.65. The van der Waals surface area contributed by atoms with Crippen LogP contribution >= 0.6 is 11.6 Å². The molecule has 0 saturated heterocycles. The van der Waals surface area contributed by atoms with E-state index in [4.69, 9.17) is 21.6 Å². The van der Waals surface area contributed by atoms with Gasteiger partial charge in [-0.05, 0) is 54.6 Å². The van der Waals surface area contributed by atoms with Crippen molar-refractivity contribution in [3.63, 3.8) is 0 Å². The van der Waals surface area contributed by atoms with Crippen LogP contribution in [0.4, 0.5) is 11.4 Å². The number of para-hydroxylation sites is 2. The van der Waals surface area contributed by atoms with E-state index in [0.717, 1.165) is 4.31 Å². The zero-order chi connectivity index (χ0) is 24.0. The molecule has 3 aromatic rings. The number of halogens is 1. The summed E-state index contributed by atoms with van der Waals surface area (Å²) in [6.45, 7) is 3.64. The summed E-state index contributed by atoms with van der Waals surface area (Å²) in [5.41, 5.74) is 1.20. The molecule has 0 bridgehead atoms. The summed E-state index contributed by atoms with van der Waals surface area (Å²) in [6, 6.07) is 18.9. The van der Waals surface area contributed by atoms with Crippen molar-refractivity contribution in [3.05, 3.63) is 95.5 Å². The molecular weight excluding hydrogens is 462 g/mol. The number of sulfonamides is 1. The standard InChI is InChI=1S/C24H20ClN3O4S/c1-3-14-28(22-6-4-5-7-23(22)32-2)33(30,31)19-12-13-21(25)20(15-19)24(29)27-18-10-8-17(16-26)9-11-18/h3-13,15H,1,14H2,2H3,(H,27,29). The van der Waals surface area contributed by atoms with Gasteiger partial charge in [0.1, 0.15) is 5.75 Å². The Morgan fingerprint density at radius 3 is 2.52 bits per heavy atom. The highest BCUT2D eigenvalue weighted by Crippen LogP contribution is 2.33. The minimum atomic E-state index is -4.10. The van der Waals surface area contributed by atoms with Crippen LogP contribution in [0.15, 0.2) is 84.3 Å². The Labute approximate surface area is 197 Å². The summed E-state index contributed by atoms with van der Waals surface area (Å²) >= 11 is 6.21. The van der Waals surface area contributed by atoms with Crippen LogP contribution in [-0.4, -0.2) is 28.0 Å². The first-order valence-corrected chi connectivity index (χ1v) is 11.5. The van der Waals surface area contributed by atoms with E-state index in [9.17, 15) is 13.2 Å². The Hall–Kier alpha value is -3.80. The molecule has 0 unspecified atom stereocenters. The Bertz CT molecular complexity index is 1330. The molecule has 9 heteroatoms. The minimum Gasteiger partial charge on any atom is -0.495 e. The number of nitriles is 1. The highest BCUT2D eigenvalue weighted by Gasteiger charge is 2.28. The summed E-state index contributed by atoms with van der Waals surface area (Å²) in [4.78, 5) is 12.7. The Morgan fingerprint density at radius 2 is 1.88 bits per heavy atom. The van der Waals surface area contributed by atoms with E-state index in [1.54, 1.807) is 48.5 Å². The maximum absolute atomic E-state index is 13.5. The Morgan fingerprint density at radius 1 is 1.18 bits per heavy atom. The van der Waals surface area contributed by atoms with E-state index >= 15 is 0 Å². The van der Waals surface area contributed by atoms with Gasteiger partial charge in [0.25, 0.3) is 15.9 Å². The molecule has 0 aliphatic heterocycles. The average Bonchev–Trinajstić information content (AvgIpc) is 2.83. The first-order chi connectivity index (χ1) is 15.8. The number of carbonyl (C=O) groups is 1. The molecule has 0 aliphatic carbocycles. The van der Waals surface area contributed by atoms with Gasteiger partial charge >= 0.3 is 0 Å². The van der Waals surface area contributed by atoms with Crippen LogP contribution < -0.4 is 14.4 Å². The second-order valence-corrected chi connectivity index (χ2v) is 9.05. The fourth-order valence-corrected chi connectivity index (χ4v) is 4.75. The number of carbonyl (C=O) groups excluding carboxylic acids is 1. The normalized spacial score (nSPS) is 10.7. The van der Waals surface area contributed by atoms with E-state index in [-0.39, 0.29) is 22.0 Å². The number of hydrogen-bond acceptors (Lipinski definition) is 5. The van der Waals surface area contributed by atoms with E-state index in [2.05, 4.69) is 11.9 Å². The van der Waals surface area contributed by atoms with Gasteiger partial charge in [0.2, 0.25) is 0 Å². The maximum Gasteiger partial charge on any atom is 0.264 e. The Balaban J connectivity index is 1.99. The van der Waals surface area contributed by atoms with Crippen molar-refractivity contribution >= 4 is 38.9 Å². The van der Waals surface area contributed by atoms with Gasteiger partial charge in [-0.15, -0.1) is 6.58 Å². The smallest absolute Gasteiger partial charge is 0.264 e. The topological polar surface area (TPSA) is 99.5 Å². The average molecular weight is 482 g/mol. The lowest BCUT2D eigenvalue weighted by atomic mass is 10.2. The lowest BCUT2D eigenvalue weighted by Gasteiger charge is -2.25.